The highest BCUT2D eigenvalue weighted by molar-refractivity contribution is 6.31. The number of benzene rings is 2. The van der Waals surface area contributed by atoms with Crippen LogP contribution in [-0.2, 0) is 13.0 Å². The van der Waals surface area contributed by atoms with Crippen LogP contribution in [0.5, 0.6) is 0 Å². The molecule has 1 N–H and O–H groups in total. The number of halogens is 1. The van der Waals surface area contributed by atoms with E-state index in [4.69, 9.17) is 11.6 Å². The first-order valence-electron chi connectivity index (χ1n) is 12.9. The van der Waals surface area contributed by atoms with Gasteiger partial charge in [-0.25, -0.2) is 0 Å². The molecule has 0 radical (unpaired) electrons. The first-order valence-corrected chi connectivity index (χ1v) is 13.3. The highest BCUT2D eigenvalue weighted by Crippen LogP contribution is 2.61. The van der Waals surface area contributed by atoms with E-state index in [2.05, 4.69) is 66.2 Å². The Bertz CT molecular complexity index is 1300. The average Bonchev–Trinajstić information content (AvgIpc) is 3.39. The number of hydrogen-bond donors (Lipinski definition) is 1. The van der Waals surface area contributed by atoms with E-state index in [9.17, 15) is 4.79 Å². The number of nitrogens with one attached hydrogen (secondary N) is 1. The molecule has 3 unspecified atom stereocenters. The van der Waals surface area contributed by atoms with E-state index in [-0.39, 0.29) is 5.91 Å². The van der Waals surface area contributed by atoms with Crippen molar-refractivity contribution in [1.82, 2.24) is 15.1 Å². The maximum atomic E-state index is 14.1. The number of H-pyrrole nitrogens is 1. The maximum absolute atomic E-state index is 14.1. The number of aromatic amines is 1. The SMILES string of the molecule is Cc1ccc(CN(CC2CCC3CC2C3(C)C)C(=O)c2[nH]nc3c2Cc2cc(Cl)c(C)cc2-3)cc1. The number of rotatable bonds is 5. The largest absolute Gasteiger partial charge is 0.333 e. The fourth-order valence-electron chi connectivity index (χ4n) is 6.97. The molecule has 35 heavy (non-hydrogen) atoms. The Hall–Kier alpha value is -2.59. The second-order valence-corrected chi connectivity index (χ2v) is 12.1. The molecule has 3 aromatic rings. The highest BCUT2D eigenvalue weighted by Gasteiger charge is 2.54. The van der Waals surface area contributed by atoms with Crippen LogP contribution in [0.25, 0.3) is 11.3 Å². The van der Waals surface area contributed by atoms with E-state index >= 15 is 0 Å². The Labute approximate surface area is 213 Å². The second kappa shape index (κ2) is 8.23. The van der Waals surface area contributed by atoms with Crippen LogP contribution < -0.4 is 0 Å². The number of carbonyl (C=O) groups is 1. The predicted octanol–water partition coefficient (Wildman–Crippen LogP) is 6.97. The molecule has 3 fully saturated rings. The van der Waals surface area contributed by atoms with Crippen molar-refractivity contribution in [2.75, 3.05) is 6.54 Å². The number of aryl methyl sites for hydroxylation is 2. The van der Waals surface area contributed by atoms with Crippen LogP contribution >= 0.6 is 11.6 Å². The number of carbonyl (C=O) groups excluding carboxylic acids is 1. The number of hydrogen-bond acceptors (Lipinski definition) is 2. The summed E-state index contributed by atoms with van der Waals surface area (Å²) in [5.74, 6) is 2.18. The van der Waals surface area contributed by atoms with Gasteiger partial charge < -0.3 is 4.90 Å². The van der Waals surface area contributed by atoms with Crippen molar-refractivity contribution in [1.29, 1.82) is 0 Å². The summed E-state index contributed by atoms with van der Waals surface area (Å²) in [5.41, 5.74) is 8.64. The van der Waals surface area contributed by atoms with Gasteiger partial charge in [-0.15, -0.1) is 0 Å². The third-order valence-corrected chi connectivity index (χ3v) is 9.73. The molecule has 4 aliphatic rings. The molecule has 5 heteroatoms. The Morgan fingerprint density at radius 2 is 1.94 bits per heavy atom. The molecule has 0 spiro atoms. The minimum absolute atomic E-state index is 0.0641. The molecule has 1 aromatic heterocycles. The molecule has 3 saturated carbocycles. The van der Waals surface area contributed by atoms with E-state index in [1.54, 1.807) is 0 Å². The topological polar surface area (TPSA) is 49.0 Å². The number of fused-ring (bicyclic) bond motifs is 5. The summed E-state index contributed by atoms with van der Waals surface area (Å²) in [6, 6.07) is 12.7. The number of amides is 1. The van der Waals surface area contributed by atoms with Gasteiger partial charge in [-0.2, -0.15) is 5.10 Å². The van der Waals surface area contributed by atoms with Crippen molar-refractivity contribution in [3.05, 3.63) is 74.9 Å². The summed E-state index contributed by atoms with van der Waals surface area (Å²) in [6.07, 6.45) is 4.52. The van der Waals surface area contributed by atoms with Gasteiger partial charge in [0.15, 0.2) is 0 Å². The van der Waals surface area contributed by atoms with Gasteiger partial charge >= 0.3 is 0 Å². The van der Waals surface area contributed by atoms with Crippen LogP contribution in [0.1, 0.15) is 71.4 Å². The zero-order chi connectivity index (χ0) is 24.5. The van der Waals surface area contributed by atoms with Crippen molar-refractivity contribution < 1.29 is 4.79 Å². The number of aromatic nitrogens is 2. The van der Waals surface area contributed by atoms with Crippen LogP contribution in [-0.4, -0.2) is 27.5 Å². The quantitative estimate of drug-likeness (QED) is 0.330. The van der Waals surface area contributed by atoms with Gasteiger partial charge in [-0.05, 0) is 85.1 Å². The molecule has 2 bridgehead atoms. The second-order valence-electron chi connectivity index (χ2n) is 11.7. The highest BCUT2D eigenvalue weighted by atomic mass is 35.5. The molecule has 182 valence electrons. The average molecular weight is 488 g/mol. The van der Waals surface area contributed by atoms with Crippen LogP contribution in [0.4, 0.5) is 0 Å². The molecule has 4 aliphatic carbocycles. The zero-order valence-corrected chi connectivity index (χ0v) is 21.9. The van der Waals surface area contributed by atoms with Gasteiger partial charge in [0.2, 0.25) is 0 Å². The first kappa shape index (κ1) is 22.8. The zero-order valence-electron chi connectivity index (χ0n) is 21.1. The van der Waals surface area contributed by atoms with E-state index in [1.807, 2.05) is 13.0 Å². The molecule has 1 amide bonds. The molecule has 1 heterocycles. The van der Waals surface area contributed by atoms with E-state index in [0.29, 0.717) is 35.9 Å². The lowest BCUT2D eigenvalue weighted by Crippen LogP contribution is -2.55. The van der Waals surface area contributed by atoms with Crippen molar-refractivity contribution in [3.63, 3.8) is 0 Å². The summed E-state index contributed by atoms with van der Waals surface area (Å²) in [5, 5.41) is 8.50. The van der Waals surface area contributed by atoms with Crippen molar-refractivity contribution in [3.8, 4) is 11.3 Å². The molecule has 3 atom stereocenters. The molecule has 2 aromatic carbocycles. The van der Waals surface area contributed by atoms with E-state index < -0.39 is 0 Å². The van der Waals surface area contributed by atoms with E-state index in [0.717, 1.165) is 45.4 Å². The van der Waals surface area contributed by atoms with Crippen LogP contribution in [0.2, 0.25) is 5.02 Å². The molecule has 0 saturated heterocycles. The summed E-state index contributed by atoms with van der Waals surface area (Å²) in [6.45, 7) is 10.4. The summed E-state index contributed by atoms with van der Waals surface area (Å²) >= 11 is 6.40. The first-order chi connectivity index (χ1) is 16.7. The minimum atomic E-state index is 0.0641. The molecular formula is C30H34ClN3O. The Morgan fingerprint density at radius 3 is 2.66 bits per heavy atom. The van der Waals surface area contributed by atoms with Crippen LogP contribution in [0, 0.1) is 37.0 Å². The smallest absolute Gasteiger partial charge is 0.272 e. The van der Waals surface area contributed by atoms with Crippen molar-refractivity contribution >= 4 is 17.5 Å². The normalized spacial score (nSPS) is 23.4. The van der Waals surface area contributed by atoms with Gasteiger partial charge in [0.05, 0.1) is 5.69 Å². The lowest BCUT2D eigenvalue weighted by molar-refractivity contribution is -0.109. The van der Waals surface area contributed by atoms with Crippen molar-refractivity contribution in [2.45, 2.75) is 59.9 Å². The summed E-state index contributed by atoms with van der Waals surface area (Å²) < 4.78 is 0. The third kappa shape index (κ3) is 3.72. The van der Waals surface area contributed by atoms with Gasteiger partial charge in [0.25, 0.3) is 5.91 Å². The summed E-state index contributed by atoms with van der Waals surface area (Å²) in [7, 11) is 0. The fourth-order valence-corrected chi connectivity index (χ4v) is 7.16. The lowest BCUT2D eigenvalue weighted by atomic mass is 9.45. The molecule has 7 rings (SSSR count). The fraction of sp³-hybridized carbons (Fsp3) is 0.467. The predicted molar refractivity (Wildman–Crippen MR) is 141 cm³/mol. The van der Waals surface area contributed by atoms with Gasteiger partial charge in [0.1, 0.15) is 5.69 Å². The Balaban J connectivity index is 1.31. The summed E-state index contributed by atoms with van der Waals surface area (Å²) in [4.78, 5) is 16.2. The van der Waals surface area contributed by atoms with Gasteiger partial charge in [0, 0.05) is 35.7 Å². The van der Waals surface area contributed by atoms with Crippen LogP contribution in [0.15, 0.2) is 36.4 Å². The number of nitrogens with zero attached hydrogens (tertiary/aromatic N) is 2. The molecule has 4 nitrogen and oxygen atoms in total. The van der Waals surface area contributed by atoms with Gasteiger partial charge in [-0.1, -0.05) is 55.3 Å². The molecule has 0 aliphatic heterocycles. The minimum Gasteiger partial charge on any atom is -0.333 e. The van der Waals surface area contributed by atoms with Crippen LogP contribution in [0.3, 0.4) is 0 Å². The third-order valence-electron chi connectivity index (χ3n) is 9.33. The Morgan fingerprint density at radius 1 is 1.17 bits per heavy atom. The van der Waals surface area contributed by atoms with Crippen molar-refractivity contribution in [2.24, 2.45) is 23.2 Å². The monoisotopic (exact) mass is 487 g/mol. The Kier molecular flexibility index (Phi) is 5.37. The standard InChI is InChI=1S/C30H34ClN3O/c1-17-5-7-19(8-6-17)15-34(16-20-9-10-22-14-25(20)30(22,3)4)29(35)28-24-12-21-13-26(31)18(2)11-23(21)27(24)32-33-28/h5-8,11,13,20,22,25H,9-10,12,14-16H2,1-4H3,(H,32,33). The van der Waals surface area contributed by atoms with E-state index in [1.165, 1.54) is 30.4 Å². The van der Waals surface area contributed by atoms with Gasteiger partial charge in [-0.3, -0.25) is 9.89 Å². The maximum Gasteiger partial charge on any atom is 0.272 e. The lowest BCUT2D eigenvalue weighted by Gasteiger charge is -2.60. The molecular weight excluding hydrogens is 454 g/mol.